The smallest absolute Gasteiger partial charge is 0.406 e. The van der Waals surface area contributed by atoms with Crippen molar-refractivity contribution in [2.75, 3.05) is 20.6 Å². The van der Waals surface area contributed by atoms with Gasteiger partial charge in [-0.3, -0.25) is 0 Å². The molecule has 2 rings (SSSR count). The number of sulfonamides is 1. The third-order valence-corrected chi connectivity index (χ3v) is 5.71. The Balaban J connectivity index is 2.15. The molecule has 0 fully saturated rings. The van der Waals surface area contributed by atoms with Gasteiger partial charge in [0.05, 0.1) is 10.9 Å². The van der Waals surface area contributed by atoms with Crippen LogP contribution in [0.25, 0.3) is 0 Å². The van der Waals surface area contributed by atoms with Crippen LogP contribution in [0.5, 0.6) is 5.75 Å². The van der Waals surface area contributed by atoms with E-state index in [0.717, 1.165) is 17.0 Å². The molecule has 2 aromatic rings. The topological polar surface area (TPSA) is 58.6 Å². The second kappa shape index (κ2) is 7.73. The summed E-state index contributed by atoms with van der Waals surface area (Å²) in [6.07, 6.45) is -4.88. The fourth-order valence-electron chi connectivity index (χ4n) is 2.13. The summed E-state index contributed by atoms with van der Waals surface area (Å²) in [7, 11) is -0.346. The highest BCUT2D eigenvalue weighted by molar-refractivity contribution is 7.89. The molecular formula is C15H17F3N2O3S2. The molecule has 0 aliphatic carbocycles. The minimum atomic E-state index is -4.88. The first kappa shape index (κ1) is 19.7. The second-order valence-corrected chi connectivity index (χ2v) is 8.12. The number of thiophene rings is 1. The van der Waals surface area contributed by atoms with Crippen molar-refractivity contribution < 1.29 is 26.3 Å². The molecule has 0 saturated heterocycles. The molecule has 0 radical (unpaired) electrons. The van der Waals surface area contributed by atoms with E-state index in [4.69, 9.17) is 0 Å². The third-order valence-electron chi connectivity index (χ3n) is 3.31. The van der Waals surface area contributed by atoms with Gasteiger partial charge in [0.15, 0.2) is 0 Å². The molecule has 0 spiro atoms. The Morgan fingerprint density at radius 3 is 2.52 bits per heavy atom. The average molecular weight is 394 g/mol. The lowest BCUT2D eigenvalue weighted by Gasteiger charge is -2.23. The molecule has 1 aromatic carbocycles. The summed E-state index contributed by atoms with van der Waals surface area (Å²) in [5.74, 6) is -0.585. The van der Waals surface area contributed by atoms with Crippen molar-refractivity contribution in [1.82, 2.24) is 9.62 Å². The minimum Gasteiger partial charge on any atom is -0.406 e. The number of halogens is 3. The number of alkyl halides is 3. The lowest BCUT2D eigenvalue weighted by molar-refractivity contribution is -0.274. The highest BCUT2D eigenvalue weighted by atomic mass is 32.2. The molecule has 1 aromatic heterocycles. The molecule has 1 N–H and O–H groups in total. The van der Waals surface area contributed by atoms with Gasteiger partial charge in [-0.1, -0.05) is 12.1 Å². The van der Waals surface area contributed by atoms with Gasteiger partial charge in [-0.25, -0.2) is 13.1 Å². The van der Waals surface area contributed by atoms with Gasteiger partial charge in [0.1, 0.15) is 5.75 Å². The fraction of sp³-hybridized carbons (Fsp3) is 0.333. The van der Waals surface area contributed by atoms with Crippen LogP contribution in [0.15, 0.2) is 46.7 Å². The Kier molecular flexibility index (Phi) is 6.09. The molecule has 0 aliphatic rings. The van der Waals surface area contributed by atoms with E-state index in [1.807, 2.05) is 36.5 Å². The molecule has 1 unspecified atom stereocenters. The van der Waals surface area contributed by atoms with E-state index in [2.05, 4.69) is 9.46 Å². The number of rotatable bonds is 7. The van der Waals surface area contributed by atoms with Crippen LogP contribution >= 0.6 is 11.3 Å². The van der Waals surface area contributed by atoms with Gasteiger partial charge < -0.3 is 9.64 Å². The van der Waals surface area contributed by atoms with E-state index >= 15 is 0 Å². The summed E-state index contributed by atoms with van der Waals surface area (Å²) in [4.78, 5) is 2.54. The molecule has 0 bridgehead atoms. The molecule has 138 valence electrons. The lowest BCUT2D eigenvalue weighted by Crippen LogP contribution is -2.34. The Morgan fingerprint density at radius 2 is 1.96 bits per heavy atom. The zero-order chi connectivity index (χ0) is 18.7. The molecule has 1 heterocycles. The second-order valence-electron chi connectivity index (χ2n) is 5.37. The molecule has 25 heavy (non-hydrogen) atoms. The van der Waals surface area contributed by atoms with Crippen LogP contribution < -0.4 is 9.46 Å². The first-order chi connectivity index (χ1) is 11.6. The van der Waals surface area contributed by atoms with Gasteiger partial charge in [-0.05, 0) is 37.7 Å². The lowest BCUT2D eigenvalue weighted by atomic mass is 10.2. The zero-order valence-corrected chi connectivity index (χ0v) is 15.1. The maximum Gasteiger partial charge on any atom is 0.573 e. The SMILES string of the molecule is CN(C)C(CNS(=O)(=O)c1cccc(OC(F)(F)F)c1)c1cccs1. The van der Waals surface area contributed by atoms with Crippen molar-refractivity contribution in [3.05, 3.63) is 46.7 Å². The number of hydrogen-bond acceptors (Lipinski definition) is 5. The first-order valence-corrected chi connectivity index (χ1v) is 9.50. The number of ether oxygens (including phenoxy) is 1. The van der Waals surface area contributed by atoms with E-state index in [1.54, 1.807) is 0 Å². The summed E-state index contributed by atoms with van der Waals surface area (Å²) < 4.78 is 67.8. The maximum absolute atomic E-state index is 12.4. The standard InChI is InChI=1S/C15H17F3N2O3S2/c1-20(2)13(14-7-4-8-24-14)10-19-25(21,22)12-6-3-5-11(9-12)23-15(16,17)18/h3-9,13,19H,10H2,1-2H3. The van der Waals surface area contributed by atoms with Gasteiger partial charge in [-0.15, -0.1) is 24.5 Å². The van der Waals surface area contributed by atoms with Crippen molar-refractivity contribution in [1.29, 1.82) is 0 Å². The predicted octanol–water partition coefficient (Wildman–Crippen LogP) is 3.23. The molecule has 1 atom stereocenters. The van der Waals surface area contributed by atoms with E-state index < -0.39 is 22.1 Å². The fourth-order valence-corrected chi connectivity index (χ4v) is 4.12. The Labute approximate surface area is 148 Å². The van der Waals surface area contributed by atoms with Crippen molar-refractivity contribution in [2.24, 2.45) is 0 Å². The van der Waals surface area contributed by atoms with E-state index in [9.17, 15) is 21.6 Å². The molecular weight excluding hydrogens is 377 g/mol. The van der Waals surface area contributed by atoms with Crippen LogP contribution in [0.2, 0.25) is 0 Å². The van der Waals surface area contributed by atoms with E-state index in [0.29, 0.717) is 0 Å². The normalized spacial score (nSPS) is 13.8. The monoisotopic (exact) mass is 394 g/mol. The summed E-state index contributed by atoms with van der Waals surface area (Å²) in [6, 6.07) is 7.85. The van der Waals surface area contributed by atoms with Gasteiger partial charge in [-0.2, -0.15) is 0 Å². The Bertz CT molecular complexity index is 791. The third kappa shape index (κ3) is 5.70. The maximum atomic E-state index is 12.4. The number of nitrogens with one attached hydrogen (secondary N) is 1. The van der Waals surface area contributed by atoms with Gasteiger partial charge in [0.25, 0.3) is 0 Å². The summed E-state index contributed by atoms with van der Waals surface area (Å²) >= 11 is 1.49. The Morgan fingerprint density at radius 1 is 1.24 bits per heavy atom. The summed E-state index contributed by atoms with van der Waals surface area (Å²) in [5, 5.41) is 1.89. The largest absolute Gasteiger partial charge is 0.573 e. The number of hydrogen-bond donors (Lipinski definition) is 1. The van der Waals surface area contributed by atoms with Gasteiger partial charge >= 0.3 is 6.36 Å². The molecule has 5 nitrogen and oxygen atoms in total. The number of likely N-dealkylation sites (N-methyl/N-ethyl adjacent to an activating group) is 1. The molecule has 0 aliphatic heterocycles. The van der Waals surface area contributed by atoms with Crippen LogP contribution in [0.4, 0.5) is 13.2 Å². The number of benzene rings is 1. The Hall–Kier alpha value is -1.62. The summed E-state index contributed by atoms with van der Waals surface area (Å²) in [6.45, 7) is 0.0835. The molecule has 10 heteroatoms. The average Bonchev–Trinajstić information content (AvgIpc) is 2.99. The van der Waals surface area contributed by atoms with E-state index in [-0.39, 0.29) is 17.5 Å². The van der Waals surface area contributed by atoms with Gasteiger partial charge in [0, 0.05) is 17.5 Å². The van der Waals surface area contributed by atoms with Crippen molar-refractivity contribution in [3.8, 4) is 5.75 Å². The predicted molar refractivity (Wildman–Crippen MR) is 89.1 cm³/mol. The van der Waals surface area contributed by atoms with Crippen molar-refractivity contribution in [3.63, 3.8) is 0 Å². The number of nitrogens with zero attached hydrogens (tertiary/aromatic N) is 1. The highest BCUT2D eigenvalue weighted by Gasteiger charge is 2.31. The molecule has 0 amide bonds. The van der Waals surface area contributed by atoms with Crippen molar-refractivity contribution in [2.45, 2.75) is 17.3 Å². The zero-order valence-electron chi connectivity index (χ0n) is 13.4. The summed E-state index contributed by atoms with van der Waals surface area (Å²) in [5.41, 5.74) is 0. The van der Waals surface area contributed by atoms with Crippen LogP contribution in [0.3, 0.4) is 0 Å². The first-order valence-electron chi connectivity index (χ1n) is 7.14. The molecule has 0 saturated carbocycles. The van der Waals surface area contributed by atoms with Crippen LogP contribution in [0, 0.1) is 0 Å². The van der Waals surface area contributed by atoms with E-state index in [1.165, 1.54) is 23.5 Å². The highest BCUT2D eigenvalue weighted by Crippen LogP contribution is 2.26. The quantitative estimate of drug-likeness (QED) is 0.783. The minimum absolute atomic E-state index is 0.0835. The van der Waals surface area contributed by atoms with Gasteiger partial charge in [0.2, 0.25) is 10.0 Å². The van der Waals surface area contributed by atoms with Crippen LogP contribution in [-0.2, 0) is 10.0 Å². The van der Waals surface area contributed by atoms with Crippen molar-refractivity contribution >= 4 is 21.4 Å². The van der Waals surface area contributed by atoms with Crippen LogP contribution in [-0.4, -0.2) is 40.3 Å². The van der Waals surface area contributed by atoms with Crippen LogP contribution in [0.1, 0.15) is 10.9 Å².